The fourth-order valence-corrected chi connectivity index (χ4v) is 1.97. The Labute approximate surface area is 87.4 Å². The van der Waals surface area contributed by atoms with Crippen molar-refractivity contribution in [2.75, 3.05) is 0 Å². The molecule has 15 heavy (non-hydrogen) atoms. The third kappa shape index (κ3) is 1.13. The van der Waals surface area contributed by atoms with E-state index in [1.807, 2.05) is 4.40 Å². The number of rotatable bonds is 0. The van der Waals surface area contributed by atoms with Gasteiger partial charge in [0, 0.05) is 5.39 Å². The molecule has 3 heteroatoms. The summed E-state index contributed by atoms with van der Waals surface area (Å²) < 4.78 is 2.02. The maximum absolute atomic E-state index is 4.07. The predicted octanol–water partition coefficient (Wildman–Crippen LogP) is 2.50. The molecule has 0 spiro atoms. The van der Waals surface area contributed by atoms with E-state index in [0.717, 1.165) is 5.65 Å². The van der Waals surface area contributed by atoms with E-state index in [4.69, 9.17) is 0 Å². The molecule has 0 aliphatic carbocycles. The smallest absolute Gasteiger partial charge is 0.161 e. The van der Waals surface area contributed by atoms with Crippen LogP contribution in [-0.2, 0) is 0 Å². The molecule has 0 aliphatic rings. The minimum atomic E-state index is 0.908. The standard InChI is InChI=1S/C12H11N3/c1-8-3-4-10-9(2)6-12-14-13-7-15(12)11(10)5-8/h3-7H,1-2H3. The number of nitrogens with zero attached hydrogens (tertiary/aromatic N) is 3. The molecule has 1 aromatic carbocycles. The van der Waals surface area contributed by atoms with Gasteiger partial charge < -0.3 is 0 Å². The highest BCUT2D eigenvalue weighted by atomic mass is 15.2. The first-order valence-corrected chi connectivity index (χ1v) is 4.95. The van der Waals surface area contributed by atoms with Gasteiger partial charge >= 0.3 is 0 Å². The molecule has 0 aliphatic heterocycles. The van der Waals surface area contributed by atoms with Crippen LogP contribution < -0.4 is 0 Å². The van der Waals surface area contributed by atoms with E-state index in [2.05, 4.69) is 48.3 Å². The maximum atomic E-state index is 4.07. The normalized spacial score (nSPS) is 11.3. The van der Waals surface area contributed by atoms with Gasteiger partial charge in [-0.3, -0.25) is 4.40 Å². The van der Waals surface area contributed by atoms with Crippen LogP contribution in [0.1, 0.15) is 11.1 Å². The molecule has 0 saturated heterocycles. The first kappa shape index (κ1) is 8.41. The Hall–Kier alpha value is -1.90. The molecule has 0 N–H and O–H groups in total. The minimum absolute atomic E-state index is 0.908. The zero-order chi connectivity index (χ0) is 10.4. The topological polar surface area (TPSA) is 30.2 Å². The number of aromatic nitrogens is 3. The lowest BCUT2D eigenvalue weighted by Gasteiger charge is -2.05. The summed E-state index contributed by atoms with van der Waals surface area (Å²) in [5.41, 5.74) is 4.58. The van der Waals surface area contributed by atoms with Gasteiger partial charge in [0.05, 0.1) is 5.52 Å². The lowest BCUT2D eigenvalue weighted by Crippen LogP contribution is -1.90. The zero-order valence-electron chi connectivity index (χ0n) is 8.73. The Morgan fingerprint density at radius 3 is 2.87 bits per heavy atom. The van der Waals surface area contributed by atoms with Crippen molar-refractivity contribution in [2.45, 2.75) is 13.8 Å². The number of hydrogen-bond donors (Lipinski definition) is 0. The number of fused-ring (bicyclic) bond motifs is 3. The summed E-state index contributed by atoms with van der Waals surface area (Å²) in [6.07, 6.45) is 1.76. The molecule has 2 heterocycles. The Balaban J connectivity index is 2.63. The largest absolute Gasteiger partial charge is 0.281 e. The highest BCUT2D eigenvalue weighted by Gasteiger charge is 2.04. The molecule has 3 nitrogen and oxygen atoms in total. The number of pyridine rings is 1. The van der Waals surface area contributed by atoms with Crippen LogP contribution in [0, 0.1) is 13.8 Å². The summed E-state index contributed by atoms with van der Waals surface area (Å²) in [4.78, 5) is 0. The molecule has 74 valence electrons. The van der Waals surface area contributed by atoms with Crippen molar-refractivity contribution in [1.82, 2.24) is 14.6 Å². The SMILES string of the molecule is Cc1ccc2c(C)cc3nncn3c2c1. The Morgan fingerprint density at radius 1 is 1.13 bits per heavy atom. The van der Waals surface area contributed by atoms with Gasteiger partial charge in [0.2, 0.25) is 0 Å². The number of hydrogen-bond acceptors (Lipinski definition) is 2. The van der Waals surface area contributed by atoms with E-state index in [9.17, 15) is 0 Å². The Morgan fingerprint density at radius 2 is 2.00 bits per heavy atom. The first-order valence-electron chi connectivity index (χ1n) is 4.95. The summed E-state index contributed by atoms with van der Waals surface area (Å²) in [7, 11) is 0. The number of benzene rings is 1. The van der Waals surface area contributed by atoms with Crippen molar-refractivity contribution in [3.05, 3.63) is 41.7 Å². The van der Waals surface area contributed by atoms with Gasteiger partial charge in [-0.2, -0.15) is 0 Å². The van der Waals surface area contributed by atoms with Crippen LogP contribution in [0.25, 0.3) is 16.6 Å². The summed E-state index contributed by atoms with van der Waals surface area (Å²) in [6, 6.07) is 8.51. The Kier molecular flexibility index (Phi) is 1.57. The van der Waals surface area contributed by atoms with Crippen LogP contribution in [0.4, 0.5) is 0 Å². The van der Waals surface area contributed by atoms with Crippen LogP contribution in [0.3, 0.4) is 0 Å². The van der Waals surface area contributed by atoms with E-state index in [-0.39, 0.29) is 0 Å². The minimum Gasteiger partial charge on any atom is -0.281 e. The van der Waals surface area contributed by atoms with Crippen LogP contribution in [0.5, 0.6) is 0 Å². The van der Waals surface area contributed by atoms with E-state index >= 15 is 0 Å². The second-order valence-corrected chi connectivity index (χ2v) is 3.91. The third-order valence-corrected chi connectivity index (χ3v) is 2.76. The van der Waals surface area contributed by atoms with Gasteiger partial charge in [0.15, 0.2) is 5.65 Å². The quantitative estimate of drug-likeness (QED) is 0.554. The van der Waals surface area contributed by atoms with E-state index in [1.54, 1.807) is 6.33 Å². The molecule has 0 fully saturated rings. The van der Waals surface area contributed by atoms with Gasteiger partial charge in [-0.1, -0.05) is 12.1 Å². The van der Waals surface area contributed by atoms with Crippen molar-refractivity contribution < 1.29 is 0 Å². The third-order valence-electron chi connectivity index (χ3n) is 2.76. The highest BCUT2D eigenvalue weighted by molar-refractivity contribution is 5.85. The molecule has 0 atom stereocenters. The van der Waals surface area contributed by atoms with Crippen molar-refractivity contribution in [3.8, 4) is 0 Å². The number of aryl methyl sites for hydroxylation is 2. The van der Waals surface area contributed by atoms with E-state index < -0.39 is 0 Å². The first-order chi connectivity index (χ1) is 7.25. The van der Waals surface area contributed by atoms with Gasteiger partial charge in [-0.15, -0.1) is 10.2 Å². The Bertz CT molecular complexity index is 652. The van der Waals surface area contributed by atoms with Crippen LogP contribution in [-0.4, -0.2) is 14.6 Å². The van der Waals surface area contributed by atoms with Crippen molar-refractivity contribution in [3.63, 3.8) is 0 Å². The second kappa shape index (κ2) is 2.79. The van der Waals surface area contributed by atoms with Gasteiger partial charge in [-0.05, 0) is 37.1 Å². The lowest BCUT2D eigenvalue weighted by molar-refractivity contribution is 1.11. The van der Waals surface area contributed by atoms with E-state index in [0.29, 0.717) is 0 Å². The molecule has 0 amide bonds. The average Bonchev–Trinajstić information content (AvgIpc) is 2.65. The fraction of sp³-hybridized carbons (Fsp3) is 0.167. The molecule has 2 aromatic heterocycles. The molecular weight excluding hydrogens is 186 g/mol. The maximum Gasteiger partial charge on any atom is 0.161 e. The molecule has 0 unspecified atom stereocenters. The summed E-state index contributed by atoms with van der Waals surface area (Å²) in [5, 5.41) is 9.26. The van der Waals surface area contributed by atoms with Crippen molar-refractivity contribution in [1.29, 1.82) is 0 Å². The zero-order valence-corrected chi connectivity index (χ0v) is 8.73. The molecular formula is C12H11N3. The van der Waals surface area contributed by atoms with Crippen molar-refractivity contribution in [2.24, 2.45) is 0 Å². The predicted molar refractivity (Wildman–Crippen MR) is 60.0 cm³/mol. The van der Waals surface area contributed by atoms with Gasteiger partial charge in [-0.25, -0.2) is 0 Å². The lowest BCUT2D eigenvalue weighted by atomic mass is 10.1. The monoisotopic (exact) mass is 197 g/mol. The van der Waals surface area contributed by atoms with Crippen LogP contribution in [0.2, 0.25) is 0 Å². The molecule has 3 rings (SSSR count). The van der Waals surface area contributed by atoms with E-state index in [1.165, 1.54) is 22.0 Å². The van der Waals surface area contributed by atoms with Crippen LogP contribution in [0.15, 0.2) is 30.6 Å². The summed E-state index contributed by atoms with van der Waals surface area (Å²) in [5.74, 6) is 0. The summed E-state index contributed by atoms with van der Waals surface area (Å²) in [6.45, 7) is 4.20. The molecule has 3 aromatic rings. The molecule has 0 saturated carbocycles. The second-order valence-electron chi connectivity index (χ2n) is 3.91. The van der Waals surface area contributed by atoms with Gasteiger partial charge in [0.25, 0.3) is 0 Å². The summed E-state index contributed by atoms with van der Waals surface area (Å²) >= 11 is 0. The molecule has 0 bridgehead atoms. The van der Waals surface area contributed by atoms with Gasteiger partial charge in [0.1, 0.15) is 6.33 Å². The fourth-order valence-electron chi connectivity index (χ4n) is 1.97. The van der Waals surface area contributed by atoms with Crippen LogP contribution >= 0.6 is 0 Å². The molecule has 0 radical (unpaired) electrons. The highest BCUT2D eigenvalue weighted by Crippen LogP contribution is 2.21. The average molecular weight is 197 g/mol. The van der Waals surface area contributed by atoms with Crippen molar-refractivity contribution >= 4 is 16.6 Å².